The third kappa shape index (κ3) is 6.51. The lowest BCUT2D eigenvalue weighted by Gasteiger charge is -2.24. The Labute approximate surface area is 180 Å². The second kappa shape index (κ2) is 11.4. The van der Waals surface area contributed by atoms with Crippen LogP contribution in [0.3, 0.4) is 0 Å². The number of rotatable bonds is 10. The Morgan fingerprint density at radius 1 is 0.767 bits per heavy atom. The highest BCUT2D eigenvalue weighted by molar-refractivity contribution is 6.01. The van der Waals surface area contributed by atoms with Crippen LogP contribution in [0.4, 0.5) is 0 Å². The first-order valence-corrected chi connectivity index (χ1v) is 10.8. The zero-order chi connectivity index (χ0) is 23.2. The Hall–Kier alpha value is -1.99. The van der Waals surface area contributed by atoms with Crippen molar-refractivity contribution in [3.63, 3.8) is 0 Å². The van der Waals surface area contributed by atoms with Gasteiger partial charge in [-0.1, -0.05) is 55.4 Å². The highest BCUT2D eigenvalue weighted by Crippen LogP contribution is 2.26. The van der Waals surface area contributed by atoms with Crippen LogP contribution in [-0.4, -0.2) is 52.3 Å². The molecule has 0 fully saturated rings. The summed E-state index contributed by atoms with van der Waals surface area (Å²) in [5.41, 5.74) is 1.92. The van der Waals surface area contributed by atoms with E-state index in [1.807, 2.05) is 55.4 Å². The molecule has 4 N–H and O–H groups in total. The van der Waals surface area contributed by atoms with Crippen molar-refractivity contribution < 1.29 is 19.8 Å². The number of hydrogen-bond acceptors (Lipinski definition) is 5. The summed E-state index contributed by atoms with van der Waals surface area (Å²) >= 11 is 0. The monoisotopic (exact) mass is 421 g/mol. The molecule has 0 aliphatic carbocycles. The van der Waals surface area contributed by atoms with Crippen LogP contribution in [0.15, 0.2) is 6.07 Å². The van der Waals surface area contributed by atoms with Crippen molar-refractivity contribution in [2.45, 2.75) is 79.3 Å². The van der Waals surface area contributed by atoms with Gasteiger partial charge in [-0.25, -0.2) is 0 Å². The highest BCUT2D eigenvalue weighted by Gasteiger charge is 2.27. The van der Waals surface area contributed by atoms with Crippen LogP contribution in [0.25, 0.3) is 0 Å². The maximum absolute atomic E-state index is 13.1. The summed E-state index contributed by atoms with van der Waals surface area (Å²) < 4.78 is 0. The van der Waals surface area contributed by atoms with Gasteiger partial charge in [-0.3, -0.25) is 14.6 Å². The molecule has 30 heavy (non-hydrogen) atoms. The van der Waals surface area contributed by atoms with Gasteiger partial charge in [0.05, 0.1) is 47.8 Å². The van der Waals surface area contributed by atoms with E-state index in [2.05, 4.69) is 10.6 Å². The molecule has 0 unspecified atom stereocenters. The fourth-order valence-corrected chi connectivity index (χ4v) is 3.12. The van der Waals surface area contributed by atoms with Crippen molar-refractivity contribution in [1.29, 1.82) is 0 Å². The third-order valence-corrected chi connectivity index (χ3v) is 5.30. The van der Waals surface area contributed by atoms with E-state index in [9.17, 15) is 19.8 Å². The number of aliphatic hydroxyl groups is 2. The van der Waals surface area contributed by atoms with Crippen LogP contribution in [-0.2, 0) is 0 Å². The quantitative estimate of drug-likeness (QED) is 0.464. The van der Waals surface area contributed by atoms with Gasteiger partial charge >= 0.3 is 0 Å². The van der Waals surface area contributed by atoms with E-state index in [1.165, 1.54) is 0 Å². The van der Waals surface area contributed by atoms with Crippen molar-refractivity contribution in [2.75, 3.05) is 13.2 Å². The van der Waals surface area contributed by atoms with Crippen molar-refractivity contribution in [1.82, 2.24) is 15.6 Å². The summed E-state index contributed by atoms with van der Waals surface area (Å²) in [6.45, 7) is 15.2. The molecule has 7 heteroatoms. The molecular formula is C23H39N3O4. The van der Waals surface area contributed by atoms with Crippen LogP contribution in [0.5, 0.6) is 0 Å². The second-order valence-electron chi connectivity index (χ2n) is 9.18. The summed E-state index contributed by atoms with van der Waals surface area (Å²) in [5, 5.41) is 24.9. The first-order valence-electron chi connectivity index (χ1n) is 10.8. The van der Waals surface area contributed by atoms with E-state index in [1.54, 1.807) is 6.07 Å². The molecular weight excluding hydrogens is 382 g/mol. The molecule has 2 atom stereocenters. The molecule has 0 aliphatic heterocycles. The summed E-state index contributed by atoms with van der Waals surface area (Å²) in [7, 11) is 0. The van der Waals surface area contributed by atoms with Gasteiger partial charge in [0.1, 0.15) is 0 Å². The number of aliphatic hydroxyl groups excluding tert-OH is 2. The fourth-order valence-electron chi connectivity index (χ4n) is 3.12. The summed E-state index contributed by atoms with van der Waals surface area (Å²) in [6, 6.07) is 0.824. The van der Waals surface area contributed by atoms with Crippen molar-refractivity contribution in [3.8, 4) is 0 Å². The molecule has 2 amide bonds. The molecule has 1 heterocycles. The lowest BCUT2D eigenvalue weighted by molar-refractivity contribution is 0.0893. The Morgan fingerprint density at radius 2 is 1.10 bits per heavy atom. The molecule has 0 saturated carbocycles. The molecule has 0 spiro atoms. The Morgan fingerprint density at radius 3 is 1.33 bits per heavy atom. The van der Waals surface area contributed by atoms with Gasteiger partial charge in [0.15, 0.2) is 0 Å². The molecule has 0 radical (unpaired) electrons. The first-order chi connectivity index (χ1) is 13.9. The topological polar surface area (TPSA) is 112 Å². The van der Waals surface area contributed by atoms with E-state index in [4.69, 9.17) is 4.98 Å². The van der Waals surface area contributed by atoms with Gasteiger partial charge in [0.2, 0.25) is 0 Å². The van der Waals surface area contributed by atoms with Gasteiger partial charge in [0, 0.05) is 0 Å². The summed E-state index contributed by atoms with van der Waals surface area (Å²) in [4.78, 5) is 30.8. The number of carbonyl (C=O) groups is 2. The van der Waals surface area contributed by atoms with Crippen LogP contribution in [0, 0.1) is 11.8 Å². The largest absolute Gasteiger partial charge is 0.394 e. The number of nitrogens with zero attached hydrogens (tertiary/aromatic N) is 1. The minimum Gasteiger partial charge on any atom is -0.394 e. The van der Waals surface area contributed by atoms with E-state index < -0.39 is 0 Å². The highest BCUT2D eigenvalue weighted by atomic mass is 16.3. The second-order valence-corrected chi connectivity index (χ2v) is 9.18. The smallest absolute Gasteiger partial charge is 0.253 e. The maximum Gasteiger partial charge on any atom is 0.253 e. The average molecular weight is 422 g/mol. The Kier molecular flexibility index (Phi) is 9.91. The molecule has 1 aromatic heterocycles. The maximum atomic E-state index is 13.1. The number of amides is 2. The number of aromatic nitrogens is 1. The van der Waals surface area contributed by atoms with Crippen LogP contribution >= 0.6 is 0 Å². The van der Waals surface area contributed by atoms with E-state index in [0.29, 0.717) is 22.5 Å². The van der Waals surface area contributed by atoms with Crippen LogP contribution in [0.1, 0.15) is 99.3 Å². The number of pyridine rings is 1. The Balaban J connectivity index is 3.49. The molecule has 0 aromatic carbocycles. The molecule has 7 nitrogen and oxygen atoms in total. The number of hydrogen-bond donors (Lipinski definition) is 4. The van der Waals surface area contributed by atoms with Gasteiger partial charge in [-0.2, -0.15) is 0 Å². The molecule has 0 saturated heterocycles. The minimum atomic E-state index is -0.390. The third-order valence-electron chi connectivity index (χ3n) is 5.30. The zero-order valence-corrected chi connectivity index (χ0v) is 19.6. The van der Waals surface area contributed by atoms with Crippen LogP contribution in [0.2, 0.25) is 0 Å². The number of nitrogens with one attached hydrogen (secondary N) is 2. The average Bonchev–Trinajstić information content (AvgIpc) is 2.67. The van der Waals surface area contributed by atoms with E-state index in [0.717, 1.165) is 0 Å². The fraction of sp³-hybridized carbons (Fsp3) is 0.696. The minimum absolute atomic E-state index is 0.0205. The molecule has 0 aliphatic rings. The van der Waals surface area contributed by atoms with Crippen LogP contribution < -0.4 is 10.6 Å². The van der Waals surface area contributed by atoms with Gasteiger partial charge in [-0.15, -0.1) is 0 Å². The lowest BCUT2D eigenvalue weighted by Crippen LogP contribution is -2.43. The predicted octanol–water partition coefficient (Wildman–Crippen LogP) is 2.82. The molecule has 0 bridgehead atoms. The van der Waals surface area contributed by atoms with E-state index >= 15 is 0 Å². The first kappa shape index (κ1) is 26.0. The number of carbonyl (C=O) groups excluding carboxylic acids is 2. The summed E-state index contributed by atoms with van der Waals surface area (Å²) in [6.07, 6.45) is 0. The Bertz CT molecular complexity index is 672. The normalized spacial score (nSPS) is 13.8. The SMILES string of the molecule is CC(C)c1nc(C(C)C)c(C(=O)N[C@H](CO)C(C)C)cc1C(=O)N[C@H](CO)C(C)C. The zero-order valence-electron chi connectivity index (χ0n) is 19.6. The van der Waals surface area contributed by atoms with Crippen molar-refractivity contribution in [2.24, 2.45) is 11.8 Å². The van der Waals surface area contributed by atoms with Gasteiger partial charge in [-0.05, 0) is 29.7 Å². The van der Waals surface area contributed by atoms with Crippen molar-refractivity contribution in [3.05, 3.63) is 28.6 Å². The molecule has 1 rings (SSSR count). The standard InChI is InChI=1S/C23H39N3O4/c1-12(2)18(10-27)24-22(29)16-9-17(23(30)25-19(11-28)13(3)4)21(15(7)8)26-20(16)14(5)6/h9,12-15,18-19,27-28H,10-11H2,1-8H3,(H,24,29)(H,25,30)/t18-,19-/m1/s1. The lowest BCUT2D eigenvalue weighted by atomic mass is 9.94. The van der Waals surface area contributed by atoms with E-state index in [-0.39, 0.29) is 60.8 Å². The van der Waals surface area contributed by atoms with Gasteiger partial charge < -0.3 is 20.8 Å². The van der Waals surface area contributed by atoms with Crippen molar-refractivity contribution >= 4 is 11.8 Å². The summed E-state index contributed by atoms with van der Waals surface area (Å²) in [5.74, 6) is -0.635. The predicted molar refractivity (Wildman–Crippen MR) is 119 cm³/mol. The molecule has 170 valence electrons. The van der Waals surface area contributed by atoms with Gasteiger partial charge in [0.25, 0.3) is 11.8 Å². The molecule has 1 aromatic rings.